The zero-order valence-electron chi connectivity index (χ0n) is 14.4. The summed E-state index contributed by atoms with van der Waals surface area (Å²) in [5.41, 5.74) is 12.8. The Morgan fingerprint density at radius 3 is 1.73 bits per heavy atom. The van der Waals surface area contributed by atoms with Crippen LogP contribution >= 0.6 is 0 Å². The first kappa shape index (κ1) is 16.0. The lowest BCUT2D eigenvalue weighted by Crippen LogP contribution is -2.18. The van der Waals surface area contributed by atoms with Gasteiger partial charge in [0, 0.05) is 53.5 Å². The molecule has 0 aromatic heterocycles. The predicted molar refractivity (Wildman–Crippen MR) is 99.3 cm³/mol. The van der Waals surface area contributed by atoms with E-state index in [4.69, 9.17) is 5.73 Å². The average molecular weight is 298 g/mol. The fourth-order valence-electron chi connectivity index (χ4n) is 2.62. The minimum atomic E-state index is 0.814. The lowest BCUT2D eigenvalue weighted by Gasteiger charge is -2.26. The number of nitrogens with zero attached hydrogens (tertiary/aromatic N) is 3. The van der Waals surface area contributed by atoms with Crippen molar-refractivity contribution in [2.75, 3.05) is 62.7 Å². The highest BCUT2D eigenvalue weighted by atomic mass is 15.1. The smallest absolute Gasteiger partial charge is 0.0838 e. The van der Waals surface area contributed by atoms with Crippen LogP contribution in [-0.2, 0) is 0 Å². The highest BCUT2D eigenvalue weighted by molar-refractivity contribution is 5.93. The van der Waals surface area contributed by atoms with E-state index in [1.165, 1.54) is 5.69 Å². The van der Waals surface area contributed by atoms with E-state index in [0.29, 0.717) is 0 Å². The normalized spacial score (nSPS) is 10.5. The number of nitrogens with two attached hydrogens (primary N) is 1. The summed E-state index contributed by atoms with van der Waals surface area (Å²) in [6.07, 6.45) is 0. The molecule has 22 heavy (non-hydrogen) atoms. The molecule has 4 nitrogen and oxygen atoms in total. The molecule has 2 aromatic rings. The number of hydrogen-bond donors (Lipinski definition) is 1. The summed E-state index contributed by atoms with van der Waals surface area (Å²) in [7, 11) is 12.2. The molecule has 118 valence electrons. The standard InChI is InChI=1S/C18H26N4/c1-20(2)14-9-7-13(8-10-14)15-11-12-16(21(3)4)18(17(15)19)22(5)6/h7-12H,19H2,1-6H3. The monoisotopic (exact) mass is 298 g/mol. The van der Waals surface area contributed by atoms with E-state index in [9.17, 15) is 0 Å². The van der Waals surface area contributed by atoms with Gasteiger partial charge in [-0.3, -0.25) is 0 Å². The second kappa shape index (κ2) is 6.18. The van der Waals surface area contributed by atoms with Crippen molar-refractivity contribution < 1.29 is 0 Å². The van der Waals surface area contributed by atoms with Crippen molar-refractivity contribution in [1.29, 1.82) is 0 Å². The Balaban J connectivity index is 2.54. The van der Waals surface area contributed by atoms with E-state index in [0.717, 1.165) is 28.2 Å². The molecule has 2 N–H and O–H groups in total. The van der Waals surface area contributed by atoms with Crippen LogP contribution in [0, 0.1) is 0 Å². The Hall–Kier alpha value is -2.36. The van der Waals surface area contributed by atoms with E-state index in [1.807, 2.05) is 42.3 Å². The molecule has 0 unspecified atom stereocenters. The fourth-order valence-corrected chi connectivity index (χ4v) is 2.62. The van der Waals surface area contributed by atoms with Crippen molar-refractivity contribution in [2.24, 2.45) is 0 Å². The first-order valence-corrected chi connectivity index (χ1v) is 7.37. The summed E-state index contributed by atoms with van der Waals surface area (Å²) in [4.78, 5) is 6.25. The third-order valence-corrected chi connectivity index (χ3v) is 3.82. The lowest BCUT2D eigenvalue weighted by atomic mass is 10.0. The maximum atomic E-state index is 6.47. The molecule has 0 saturated carbocycles. The van der Waals surface area contributed by atoms with Gasteiger partial charge < -0.3 is 20.4 Å². The molecule has 0 aliphatic carbocycles. The minimum absolute atomic E-state index is 0.814. The van der Waals surface area contributed by atoms with Crippen molar-refractivity contribution in [1.82, 2.24) is 0 Å². The topological polar surface area (TPSA) is 35.7 Å². The molecular weight excluding hydrogens is 272 g/mol. The maximum absolute atomic E-state index is 6.47. The van der Waals surface area contributed by atoms with Crippen LogP contribution < -0.4 is 20.4 Å². The van der Waals surface area contributed by atoms with Crippen LogP contribution in [0.2, 0.25) is 0 Å². The van der Waals surface area contributed by atoms with E-state index in [2.05, 4.69) is 51.1 Å². The van der Waals surface area contributed by atoms with Gasteiger partial charge in [0.1, 0.15) is 0 Å². The zero-order valence-corrected chi connectivity index (χ0v) is 14.4. The van der Waals surface area contributed by atoms with E-state index in [1.54, 1.807) is 0 Å². The molecule has 0 spiro atoms. The largest absolute Gasteiger partial charge is 0.396 e. The number of nitrogen functional groups attached to an aromatic ring is 1. The molecule has 0 bridgehead atoms. The van der Waals surface area contributed by atoms with Gasteiger partial charge >= 0.3 is 0 Å². The number of rotatable bonds is 4. The highest BCUT2D eigenvalue weighted by Gasteiger charge is 2.15. The molecule has 0 aliphatic heterocycles. The van der Waals surface area contributed by atoms with Gasteiger partial charge in [0.15, 0.2) is 0 Å². The summed E-state index contributed by atoms with van der Waals surface area (Å²) >= 11 is 0. The van der Waals surface area contributed by atoms with Gasteiger partial charge in [-0.25, -0.2) is 0 Å². The second-order valence-electron chi connectivity index (χ2n) is 6.12. The van der Waals surface area contributed by atoms with Crippen LogP contribution in [0.4, 0.5) is 22.7 Å². The lowest BCUT2D eigenvalue weighted by molar-refractivity contribution is 1.08. The van der Waals surface area contributed by atoms with Crippen molar-refractivity contribution >= 4 is 22.7 Å². The Labute approximate surface area is 133 Å². The molecule has 0 atom stereocenters. The molecule has 0 fully saturated rings. The number of benzene rings is 2. The van der Waals surface area contributed by atoms with Gasteiger partial charge in [-0.05, 0) is 23.8 Å². The van der Waals surface area contributed by atoms with Crippen LogP contribution in [-0.4, -0.2) is 42.3 Å². The van der Waals surface area contributed by atoms with Crippen molar-refractivity contribution in [2.45, 2.75) is 0 Å². The summed E-state index contributed by atoms with van der Waals surface area (Å²) in [5.74, 6) is 0. The van der Waals surface area contributed by atoms with Crippen molar-refractivity contribution in [3.63, 3.8) is 0 Å². The van der Waals surface area contributed by atoms with Crippen LogP contribution in [0.5, 0.6) is 0 Å². The van der Waals surface area contributed by atoms with Crippen LogP contribution in [0.15, 0.2) is 36.4 Å². The predicted octanol–water partition coefficient (Wildman–Crippen LogP) is 3.13. The zero-order chi connectivity index (χ0) is 16.4. The van der Waals surface area contributed by atoms with Crippen molar-refractivity contribution in [3.8, 4) is 11.1 Å². The summed E-state index contributed by atoms with van der Waals surface area (Å²) < 4.78 is 0. The second-order valence-corrected chi connectivity index (χ2v) is 6.12. The van der Waals surface area contributed by atoms with Gasteiger partial charge in [0.2, 0.25) is 0 Å². The van der Waals surface area contributed by atoms with Crippen LogP contribution in [0.3, 0.4) is 0 Å². The maximum Gasteiger partial charge on any atom is 0.0838 e. The molecule has 2 rings (SSSR count). The van der Waals surface area contributed by atoms with Crippen molar-refractivity contribution in [3.05, 3.63) is 36.4 Å². The van der Waals surface area contributed by atoms with Gasteiger partial charge in [0.05, 0.1) is 17.1 Å². The summed E-state index contributed by atoms with van der Waals surface area (Å²) in [6.45, 7) is 0. The van der Waals surface area contributed by atoms with E-state index in [-0.39, 0.29) is 0 Å². The highest BCUT2D eigenvalue weighted by Crippen LogP contribution is 2.40. The first-order valence-electron chi connectivity index (χ1n) is 7.37. The number of hydrogen-bond acceptors (Lipinski definition) is 4. The molecule has 0 saturated heterocycles. The van der Waals surface area contributed by atoms with Crippen LogP contribution in [0.1, 0.15) is 0 Å². The van der Waals surface area contributed by atoms with Gasteiger partial charge in [-0.1, -0.05) is 18.2 Å². The Kier molecular flexibility index (Phi) is 4.50. The van der Waals surface area contributed by atoms with Gasteiger partial charge in [-0.15, -0.1) is 0 Å². The molecule has 0 amide bonds. The fraction of sp³-hybridized carbons (Fsp3) is 0.333. The number of anilines is 4. The SMILES string of the molecule is CN(C)c1ccc(-c2ccc(N(C)C)c(N(C)C)c2N)cc1. The van der Waals surface area contributed by atoms with Gasteiger partial charge in [0.25, 0.3) is 0 Å². The average Bonchev–Trinajstić information content (AvgIpc) is 2.46. The molecule has 0 radical (unpaired) electrons. The molecule has 4 heteroatoms. The Bertz CT molecular complexity index is 643. The Morgan fingerprint density at radius 1 is 0.682 bits per heavy atom. The quantitative estimate of drug-likeness (QED) is 0.880. The summed E-state index contributed by atoms with van der Waals surface area (Å²) in [6, 6.07) is 12.7. The first-order chi connectivity index (χ1) is 10.3. The van der Waals surface area contributed by atoms with E-state index >= 15 is 0 Å². The molecule has 2 aromatic carbocycles. The Morgan fingerprint density at radius 2 is 1.27 bits per heavy atom. The molecule has 0 heterocycles. The molecule has 0 aliphatic rings. The third-order valence-electron chi connectivity index (χ3n) is 3.82. The third kappa shape index (κ3) is 2.96. The minimum Gasteiger partial charge on any atom is -0.396 e. The molecular formula is C18H26N4. The van der Waals surface area contributed by atoms with Crippen LogP contribution in [0.25, 0.3) is 11.1 Å². The van der Waals surface area contributed by atoms with Gasteiger partial charge in [-0.2, -0.15) is 0 Å². The van der Waals surface area contributed by atoms with E-state index < -0.39 is 0 Å². The summed E-state index contributed by atoms with van der Waals surface area (Å²) in [5, 5.41) is 0.